The number of carbonyl (C=O) groups is 1. The van der Waals surface area contributed by atoms with Crippen molar-refractivity contribution in [1.82, 2.24) is 5.32 Å². The third-order valence-electron chi connectivity index (χ3n) is 6.51. The van der Waals surface area contributed by atoms with E-state index in [-0.39, 0.29) is 19.1 Å². The van der Waals surface area contributed by atoms with Crippen LogP contribution in [0.25, 0.3) is 0 Å². The molecular weight excluding hydrogens is 442 g/mol. The number of aliphatic hydroxyl groups excluding tert-OH is 2. The Bertz CT molecular complexity index is 1100. The number of nitrogens with one attached hydrogen (secondary N) is 1. The molecule has 1 aliphatic rings. The predicted molar refractivity (Wildman–Crippen MR) is 134 cm³/mol. The fourth-order valence-corrected chi connectivity index (χ4v) is 4.80. The van der Waals surface area contributed by atoms with Crippen molar-refractivity contribution in [3.8, 4) is 5.75 Å². The van der Waals surface area contributed by atoms with Crippen LogP contribution in [0, 0.1) is 5.92 Å². The van der Waals surface area contributed by atoms with Crippen LogP contribution in [0.5, 0.6) is 5.75 Å². The zero-order chi connectivity index (χ0) is 24.6. The molecule has 6 nitrogen and oxygen atoms in total. The summed E-state index contributed by atoms with van der Waals surface area (Å²) >= 11 is 0. The van der Waals surface area contributed by atoms with Crippen molar-refractivity contribution in [2.75, 3.05) is 13.9 Å². The third kappa shape index (κ3) is 6.48. The highest BCUT2D eigenvalue weighted by Crippen LogP contribution is 2.32. The van der Waals surface area contributed by atoms with E-state index >= 15 is 0 Å². The molecule has 0 aromatic heterocycles. The molecule has 0 spiro atoms. The molecule has 184 valence electrons. The number of hydrogen-bond donors (Lipinski definition) is 3. The van der Waals surface area contributed by atoms with Gasteiger partial charge in [-0.2, -0.15) is 0 Å². The molecular formula is C29H33NO5. The highest BCUT2D eigenvalue weighted by atomic mass is 16.7. The van der Waals surface area contributed by atoms with Crippen LogP contribution < -0.4 is 10.1 Å². The maximum Gasteiger partial charge on any atom is 0.224 e. The normalized spacial score (nSPS) is 18.5. The highest BCUT2D eigenvalue weighted by molar-refractivity contribution is 5.80. The van der Waals surface area contributed by atoms with E-state index in [2.05, 4.69) is 5.32 Å². The molecule has 6 heteroatoms. The van der Waals surface area contributed by atoms with Gasteiger partial charge in [-0.05, 0) is 41.2 Å². The minimum Gasteiger partial charge on any atom is -0.467 e. The van der Waals surface area contributed by atoms with Gasteiger partial charge < -0.3 is 25.0 Å². The lowest BCUT2D eigenvalue weighted by molar-refractivity contribution is -0.127. The summed E-state index contributed by atoms with van der Waals surface area (Å²) in [6.07, 6.45) is 0.240. The van der Waals surface area contributed by atoms with Gasteiger partial charge in [0, 0.05) is 25.9 Å². The van der Waals surface area contributed by atoms with Crippen LogP contribution in [-0.4, -0.2) is 42.2 Å². The Hall–Kier alpha value is -3.19. The summed E-state index contributed by atoms with van der Waals surface area (Å²) in [6, 6.07) is 24.7. The largest absolute Gasteiger partial charge is 0.467 e. The minimum absolute atomic E-state index is 0.122. The predicted octanol–water partition coefficient (Wildman–Crippen LogP) is 3.60. The maximum atomic E-state index is 13.5. The van der Waals surface area contributed by atoms with E-state index in [1.807, 2.05) is 78.9 Å². The third-order valence-corrected chi connectivity index (χ3v) is 6.51. The number of fused-ring (bicyclic) bond motifs is 1. The second-order valence-electron chi connectivity index (χ2n) is 9.10. The first-order valence-corrected chi connectivity index (χ1v) is 12.0. The van der Waals surface area contributed by atoms with Crippen molar-refractivity contribution in [3.05, 3.63) is 101 Å². The molecule has 0 bridgehead atoms. The average molecular weight is 476 g/mol. The van der Waals surface area contributed by atoms with Crippen LogP contribution in [0.15, 0.2) is 78.9 Å². The van der Waals surface area contributed by atoms with Crippen LogP contribution in [0.4, 0.5) is 0 Å². The number of benzene rings is 3. The lowest BCUT2D eigenvalue weighted by Crippen LogP contribution is -2.39. The van der Waals surface area contributed by atoms with E-state index in [1.54, 1.807) is 7.11 Å². The quantitative estimate of drug-likeness (QED) is 0.369. The molecule has 1 unspecified atom stereocenters. The lowest BCUT2D eigenvalue weighted by Gasteiger charge is -2.25. The number of rotatable bonds is 11. The molecule has 0 radical (unpaired) electrons. The highest BCUT2D eigenvalue weighted by Gasteiger charge is 2.34. The van der Waals surface area contributed by atoms with Gasteiger partial charge in [0.15, 0.2) is 6.79 Å². The van der Waals surface area contributed by atoms with E-state index < -0.39 is 24.2 Å². The first-order valence-electron chi connectivity index (χ1n) is 12.0. The Labute approximate surface area is 206 Å². The monoisotopic (exact) mass is 475 g/mol. The summed E-state index contributed by atoms with van der Waals surface area (Å²) in [4.78, 5) is 13.5. The van der Waals surface area contributed by atoms with E-state index in [1.165, 1.54) is 0 Å². The van der Waals surface area contributed by atoms with Gasteiger partial charge >= 0.3 is 0 Å². The fourth-order valence-electron chi connectivity index (χ4n) is 4.80. The molecule has 1 amide bonds. The van der Waals surface area contributed by atoms with Crippen LogP contribution >= 0.6 is 0 Å². The number of methoxy groups -OCH3 is 1. The summed E-state index contributed by atoms with van der Waals surface area (Å²) in [6.45, 7) is 0.122. The van der Waals surface area contributed by atoms with Gasteiger partial charge in [-0.3, -0.25) is 4.79 Å². The van der Waals surface area contributed by atoms with Gasteiger partial charge in [0.1, 0.15) is 5.75 Å². The standard InChI is InChI=1S/C29H33NO5/c1-34-19-35-27-14-8-6-12-22(27)16-24(31)17-23(15-20-9-3-2-4-10-20)29(33)30-28-25-13-7-5-11-21(25)18-26(28)32/h2-14,23-24,26,28,31-32H,15-19H2,1H3,(H,30,33)/t23-,24+,26?,28-/m0/s1. The molecule has 0 heterocycles. The first-order chi connectivity index (χ1) is 17.0. The van der Waals surface area contributed by atoms with Crippen LogP contribution in [-0.2, 0) is 28.8 Å². The molecule has 0 saturated heterocycles. The second kappa shape index (κ2) is 12.0. The molecule has 4 rings (SSSR count). The van der Waals surface area contributed by atoms with Crippen LogP contribution in [0.1, 0.15) is 34.7 Å². The first kappa shape index (κ1) is 24.9. The molecule has 0 fully saturated rings. The molecule has 1 aliphatic carbocycles. The molecule has 35 heavy (non-hydrogen) atoms. The number of carbonyl (C=O) groups excluding carboxylic acids is 1. The van der Waals surface area contributed by atoms with Crippen molar-refractivity contribution in [3.63, 3.8) is 0 Å². The summed E-state index contributed by atoms with van der Waals surface area (Å²) in [5, 5.41) is 24.7. The Morgan fingerprint density at radius 1 is 1.00 bits per heavy atom. The van der Waals surface area contributed by atoms with Crippen molar-refractivity contribution in [2.24, 2.45) is 5.92 Å². The zero-order valence-electron chi connectivity index (χ0n) is 20.0. The minimum atomic E-state index is -0.748. The van der Waals surface area contributed by atoms with Crippen LogP contribution in [0.3, 0.4) is 0 Å². The topological polar surface area (TPSA) is 88.0 Å². The van der Waals surface area contributed by atoms with Crippen molar-refractivity contribution in [1.29, 1.82) is 0 Å². The summed E-state index contributed by atoms with van der Waals surface area (Å²) in [7, 11) is 1.56. The Morgan fingerprint density at radius 3 is 2.51 bits per heavy atom. The average Bonchev–Trinajstić information content (AvgIpc) is 3.18. The van der Waals surface area contributed by atoms with E-state index in [0.29, 0.717) is 25.0 Å². The maximum absolute atomic E-state index is 13.5. The van der Waals surface area contributed by atoms with Gasteiger partial charge in [0.2, 0.25) is 5.91 Å². The fraction of sp³-hybridized carbons (Fsp3) is 0.345. The van der Waals surface area contributed by atoms with Gasteiger partial charge in [-0.15, -0.1) is 0 Å². The molecule has 3 N–H and O–H groups in total. The molecule has 3 aromatic rings. The SMILES string of the molecule is COCOc1ccccc1C[C@@H](O)C[C@H](Cc1ccccc1)C(=O)N[C@H]1c2ccccc2CC1O. The van der Waals surface area contributed by atoms with E-state index in [0.717, 1.165) is 22.3 Å². The summed E-state index contributed by atoms with van der Waals surface area (Å²) < 4.78 is 10.6. The summed E-state index contributed by atoms with van der Waals surface area (Å²) in [5.74, 6) is 0.0279. The second-order valence-corrected chi connectivity index (χ2v) is 9.10. The van der Waals surface area contributed by atoms with Gasteiger partial charge in [0.25, 0.3) is 0 Å². The Kier molecular flexibility index (Phi) is 8.53. The van der Waals surface area contributed by atoms with Crippen molar-refractivity contribution < 1.29 is 24.5 Å². The number of ether oxygens (including phenoxy) is 2. The Morgan fingerprint density at radius 2 is 1.71 bits per heavy atom. The molecule has 0 aliphatic heterocycles. The molecule has 0 saturated carbocycles. The Balaban J connectivity index is 1.48. The van der Waals surface area contributed by atoms with E-state index in [4.69, 9.17) is 9.47 Å². The number of amides is 1. The van der Waals surface area contributed by atoms with Crippen LogP contribution in [0.2, 0.25) is 0 Å². The number of hydrogen-bond acceptors (Lipinski definition) is 5. The number of aliphatic hydroxyl groups is 2. The molecule has 3 aromatic carbocycles. The number of para-hydroxylation sites is 1. The van der Waals surface area contributed by atoms with Gasteiger partial charge in [-0.1, -0.05) is 72.8 Å². The van der Waals surface area contributed by atoms with E-state index in [9.17, 15) is 15.0 Å². The zero-order valence-corrected chi connectivity index (χ0v) is 20.0. The van der Waals surface area contributed by atoms with Gasteiger partial charge in [-0.25, -0.2) is 0 Å². The smallest absolute Gasteiger partial charge is 0.224 e. The van der Waals surface area contributed by atoms with Crippen molar-refractivity contribution >= 4 is 5.91 Å². The lowest BCUT2D eigenvalue weighted by atomic mass is 9.90. The van der Waals surface area contributed by atoms with Gasteiger partial charge in [0.05, 0.1) is 18.2 Å². The summed E-state index contributed by atoms with van der Waals surface area (Å²) in [5.41, 5.74) is 3.89. The van der Waals surface area contributed by atoms with Crippen molar-refractivity contribution in [2.45, 2.75) is 43.9 Å². The molecule has 4 atom stereocenters.